The van der Waals surface area contributed by atoms with Crippen molar-refractivity contribution < 1.29 is 37.6 Å². The summed E-state index contributed by atoms with van der Waals surface area (Å²) >= 11 is 0. The van der Waals surface area contributed by atoms with Gasteiger partial charge in [-0.15, -0.1) is 0 Å². The molecule has 0 aliphatic rings. The molecule has 0 bridgehead atoms. The van der Waals surface area contributed by atoms with E-state index in [0.717, 1.165) is 32.1 Å². The molecular formula is C32H64NO8P. The van der Waals surface area contributed by atoms with Crippen LogP contribution in [0.15, 0.2) is 0 Å². The van der Waals surface area contributed by atoms with Crippen LogP contribution in [-0.4, -0.2) is 49.3 Å². The zero-order valence-corrected chi connectivity index (χ0v) is 27.9. The average Bonchev–Trinajstić information content (AvgIpc) is 2.97. The summed E-state index contributed by atoms with van der Waals surface area (Å²) in [5.74, 6) is -0.827. The summed E-state index contributed by atoms with van der Waals surface area (Å²) in [7, 11) is -4.35. The molecular weight excluding hydrogens is 557 g/mol. The van der Waals surface area contributed by atoms with Gasteiger partial charge < -0.3 is 20.1 Å². The van der Waals surface area contributed by atoms with E-state index in [4.69, 9.17) is 24.3 Å². The quantitative estimate of drug-likeness (QED) is 0.0430. The fourth-order valence-electron chi connectivity index (χ4n) is 4.69. The lowest BCUT2D eigenvalue weighted by Crippen LogP contribution is -2.29. The number of nitrogens with two attached hydrogens (primary N) is 1. The Labute approximate surface area is 257 Å². The molecule has 0 aromatic heterocycles. The third-order valence-corrected chi connectivity index (χ3v) is 8.23. The number of unbranched alkanes of at least 4 members (excludes halogenated alkanes) is 19. The first-order valence-corrected chi connectivity index (χ1v) is 18.5. The zero-order chi connectivity index (χ0) is 31.2. The Morgan fingerprint density at radius 2 is 1.02 bits per heavy atom. The number of ether oxygens (including phenoxy) is 2. The highest BCUT2D eigenvalue weighted by molar-refractivity contribution is 7.47. The van der Waals surface area contributed by atoms with Gasteiger partial charge in [-0.2, -0.15) is 0 Å². The maximum atomic E-state index is 12.4. The molecule has 0 saturated carbocycles. The molecule has 2 unspecified atom stereocenters. The summed E-state index contributed by atoms with van der Waals surface area (Å²) in [4.78, 5) is 34.4. The van der Waals surface area contributed by atoms with Crippen LogP contribution in [0.25, 0.3) is 0 Å². The zero-order valence-electron chi connectivity index (χ0n) is 27.0. The highest BCUT2D eigenvalue weighted by Crippen LogP contribution is 2.43. The monoisotopic (exact) mass is 621 g/mol. The number of phosphoric ester groups is 1. The molecule has 42 heavy (non-hydrogen) atoms. The number of hydrogen-bond acceptors (Lipinski definition) is 8. The summed E-state index contributed by atoms with van der Waals surface area (Å²) in [5.41, 5.74) is 5.31. The average molecular weight is 622 g/mol. The predicted octanol–water partition coefficient (Wildman–Crippen LogP) is 8.55. The molecule has 0 rings (SSSR count). The molecule has 0 aromatic rings. The van der Waals surface area contributed by atoms with E-state index in [1.807, 2.05) is 0 Å². The van der Waals surface area contributed by atoms with E-state index in [2.05, 4.69) is 13.8 Å². The summed E-state index contributed by atoms with van der Waals surface area (Å²) in [5, 5.41) is 0. The van der Waals surface area contributed by atoms with Crippen LogP contribution >= 0.6 is 7.82 Å². The lowest BCUT2D eigenvalue weighted by Gasteiger charge is -2.19. The molecule has 0 saturated heterocycles. The second-order valence-electron chi connectivity index (χ2n) is 11.4. The van der Waals surface area contributed by atoms with Crippen LogP contribution in [0.4, 0.5) is 0 Å². The van der Waals surface area contributed by atoms with Crippen molar-refractivity contribution in [1.82, 2.24) is 0 Å². The van der Waals surface area contributed by atoms with Crippen molar-refractivity contribution in [2.75, 3.05) is 26.4 Å². The summed E-state index contributed by atoms with van der Waals surface area (Å²) in [6.45, 7) is 3.69. The second kappa shape index (κ2) is 30.1. The molecule has 250 valence electrons. The SMILES string of the molecule is CCCCCCCCCCCCCCCC(=O)OC(COC(=O)CCCCCCCCCC)COP(=O)(O)OCCN. The Bertz CT molecular complexity index is 679. The summed E-state index contributed by atoms with van der Waals surface area (Å²) in [6, 6.07) is 0. The predicted molar refractivity (Wildman–Crippen MR) is 169 cm³/mol. The van der Waals surface area contributed by atoms with Gasteiger partial charge in [0, 0.05) is 19.4 Å². The number of phosphoric acid groups is 1. The van der Waals surface area contributed by atoms with Gasteiger partial charge in [0.25, 0.3) is 0 Å². The second-order valence-corrected chi connectivity index (χ2v) is 12.9. The first-order chi connectivity index (χ1) is 20.3. The molecule has 2 atom stereocenters. The van der Waals surface area contributed by atoms with E-state index in [9.17, 15) is 19.0 Å². The molecule has 0 radical (unpaired) electrons. The lowest BCUT2D eigenvalue weighted by atomic mass is 10.0. The fraction of sp³-hybridized carbons (Fsp3) is 0.938. The van der Waals surface area contributed by atoms with E-state index in [0.29, 0.717) is 6.42 Å². The van der Waals surface area contributed by atoms with Gasteiger partial charge in [-0.3, -0.25) is 18.6 Å². The van der Waals surface area contributed by atoms with Gasteiger partial charge in [0.05, 0.1) is 13.2 Å². The number of carbonyl (C=O) groups is 2. The molecule has 3 N–H and O–H groups in total. The van der Waals surface area contributed by atoms with Crippen LogP contribution < -0.4 is 5.73 Å². The van der Waals surface area contributed by atoms with Crippen LogP contribution in [0, 0.1) is 0 Å². The van der Waals surface area contributed by atoms with Crippen molar-refractivity contribution in [3.05, 3.63) is 0 Å². The van der Waals surface area contributed by atoms with Gasteiger partial charge in [0.2, 0.25) is 0 Å². The first kappa shape index (κ1) is 41.0. The van der Waals surface area contributed by atoms with Gasteiger partial charge >= 0.3 is 19.8 Å². The number of esters is 2. The van der Waals surface area contributed by atoms with Crippen molar-refractivity contribution in [1.29, 1.82) is 0 Å². The lowest BCUT2D eigenvalue weighted by molar-refractivity contribution is -0.161. The highest BCUT2D eigenvalue weighted by atomic mass is 31.2. The third kappa shape index (κ3) is 29.1. The third-order valence-electron chi connectivity index (χ3n) is 7.24. The normalized spacial score (nSPS) is 13.5. The van der Waals surface area contributed by atoms with Crippen LogP contribution in [-0.2, 0) is 32.7 Å². The first-order valence-electron chi connectivity index (χ1n) is 17.0. The van der Waals surface area contributed by atoms with Crippen molar-refractivity contribution in [3.63, 3.8) is 0 Å². The Morgan fingerprint density at radius 3 is 1.45 bits per heavy atom. The van der Waals surface area contributed by atoms with Gasteiger partial charge in [-0.1, -0.05) is 136 Å². The van der Waals surface area contributed by atoms with Crippen molar-refractivity contribution in [2.45, 2.75) is 168 Å². The van der Waals surface area contributed by atoms with E-state index < -0.39 is 26.5 Å². The minimum Gasteiger partial charge on any atom is -0.462 e. The van der Waals surface area contributed by atoms with Gasteiger partial charge in [-0.25, -0.2) is 4.57 Å². The van der Waals surface area contributed by atoms with Gasteiger partial charge in [-0.05, 0) is 12.8 Å². The minimum absolute atomic E-state index is 0.0573. The van der Waals surface area contributed by atoms with Crippen molar-refractivity contribution >= 4 is 19.8 Å². The maximum Gasteiger partial charge on any atom is 0.472 e. The molecule has 0 aliphatic heterocycles. The topological polar surface area (TPSA) is 134 Å². The van der Waals surface area contributed by atoms with Crippen molar-refractivity contribution in [3.8, 4) is 0 Å². The molecule has 10 heteroatoms. The summed E-state index contributed by atoms with van der Waals surface area (Å²) < 4.78 is 32.5. The number of carbonyl (C=O) groups excluding carboxylic acids is 2. The Hall–Kier alpha value is -0.990. The highest BCUT2D eigenvalue weighted by Gasteiger charge is 2.25. The van der Waals surface area contributed by atoms with Crippen LogP contribution in [0.3, 0.4) is 0 Å². The van der Waals surface area contributed by atoms with Gasteiger partial charge in [0.15, 0.2) is 6.10 Å². The largest absolute Gasteiger partial charge is 0.472 e. The van der Waals surface area contributed by atoms with Crippen LogP contribution in [0.1, 0.15) is 162 Å². The maximum absolute atomic E-state index is 12.4. The molecule has 0 amide bonds. The number of rotatable bonds is 32. The number of hydrogen-bond donors (Lipinski definition) is 2. The molecule has 0 fully saturated rings. The smallest absolute Gasteiger partial charge is 0.462 e. The van der Waals surface area contributed by atoms with Crippen molar-refractivity contribution in [2.24, 2.45) is 5.73 Å². The minimum atomic E-state index is -4.35. The molecule has 0 aromatic carbocycles. The standard InChI is InChI=1S/C32H64NO8P/c1-3-5-7-9-11-13-14-15-16-17-19-21-23-25-32(35)41-30(29-40-42(36,37)39-27-26-33)28-38-31(34)24-22-20-18-12-10-8-6-4-2/h30H,3-29,33H2,1-2H3,(H,36,37). The van der Waals surface area contributed by atoms with E-state index in [1.54, 1.807) is 0 Å². The Morgan fingerprint density at radius 1 is 0.619 bits per heavy atom. The van der Waals surface area contributed by atoms with E-state index >= 15 is 0 Å². The molecule has 0 aliphatic carbocycles. The van der Waals surface area contributed by atoms with Gasteiger partial charge in [0.1, 0.15) is 6.61 Å². The van der Waals surface area contributed by atoms with E-state index in [-0.39, 0.29) is 38.6 Å². The van der Waals surface area contributed by atoms with E-state index in [1.165, 1.54) is 96.3 Å². The molecule has 0 spiro atoms. The summed E-state index contributed by atoms with van der Waals surface area (Å²) in [6.07, 6.45) is 24.3. The Kier molecular flexibility index (Phi) is 29.3. The fourth-order valence-corrected chi connectivity index (χ4v) is 5.46. The molecule has 0 heterocycles. The molecule has 9 nitrogen and oxygen atoms in total. The van der Waals surface area contributed by atoms with Crippen LogP contribution in [0.2, 0.25) is 0 Å². The Balaban J connectivity index is 4.24. The van der Waals surface area contributed by atoms with Crippen LogP contribution in [0.5, 0.6) is 0 Å².